The molecule has 0 fully saturated rings. The molecule has 0 unspecified atom stereocenters. The average molecular weight is 383 g/mol. The highest BCUT2D eigenvalue weighted by atomic mass is 19.4. The van der Waals surface area contributed by atoms with Gasteiger partial charge in [-0.3, -0.25) is 9.78 Å². The standard InChI is InChI=1S/C19H12F3N5O/c20-19(21,22)14-6-2-1-5-13(14)15-10-17-24-9-7-16(27(17)26-15)25-18(28)12-4-3-8-23-11-12/h1-11H,(H,25,28). The molecule has 140 valence electrons. The summed E-state index contributed by atoms with van der Waals surface area (Å²) in [6.07, 6.45) is -0.131. The molecule has 0 aliphatic heterocycles. The fourth-order valence-electron chi connectivity index (χ4n) is 2.76. The first-order valence-corrected chi connectivity index (χ1v) is 8.16. The van der Waals surface area contributed by atoms with Gasteiger partial charge in [0.15, 0.2) is 5.65 Å². The van der Waals surface area contributed by atoms with Crippen LogP contribution >= 0.6 is 0 Å². The number of pyridine rings is 1. The van der Waals surface area contributed by atoms with E-state index in [1.807, 2.05) is 0 Å². The zero-order valence-electron chi connectivity index (χ0n) is 14.2. The van der Waals surface area contributed by atoms with Crippen LogP contribution in [0.3, 0.4) is 0 Å². The Labute approximate surface area is 156 Å². The van der Waals surface area contributed by atoms with Gasteiger partial charge in [0.1, 0.15) is 5.82 Å². The van der Waals surface area contributed by atoms with Gasteiger partial charge in [0.05, 0.1) is 16.8 Å². The molecule has 0 bridgehead atoms. The van der Waals surface area contributed by atoms with Crippen LogP contribution in [-0.4, -0.2) is 25.5 Å². The Bertz CT molecular complexity index is 1160. The molecule has 1 N–H and O–H groups in total. The molecular formula is C19H12F3N5O. The van der Waals surface area contributed by atoms with E-state index < -0.39 is 17.6 Å². The first kappa shape index (κ1) is 17.7. The van der Waals surface area contributed by atoms with Crippen molar-refractivity contribution >= 4 is 17.4 Å². The van der Waals surface area contributed by atoms with Crippen LogP contribution in [0.4, 0.5) is 19.0 Å². The number of amides is 1. The summed E-state index contributed by atoms with van der Waals surface area (Å²) in [5, 5.41) is 6.90. The second-order valence-corrected chi connectivity index (χ2v) is 5.87. The van der Waals surface area contributed by atoms with Gasteiger partial charge in [0, 0.05) is 30.2 Å². The summed E-state index contributed by atoms with van der Waals surface area (Å²) in [6, 6.07) is 11.3. The van der Waals surface area contributed by atoms with Crippen molar-refractivity contribution in [3.63, 3.8) is 0 Å². The number of aromatic nitrogens is 4. The molecule has 4 aromatic rings. The van der Waals surface area contributed by atoms with Crippen LogP contribution in [0.5, 0.6) is 0 Å². The fraction of sp³-hybridized carbons (Fsp3) is 0.0526. The van der Waals surface area contributed by atoms with Crippen molar-refractivity contribution in [3.8, 4) is 11.3 Å². The number of nitrogens with zero attached hydrogens (tertiary/aromatic N) is 4. The van der Waals surface area contributed by atoms with E-state index in [1.165, 1.54) is 47.2 Å². The van der Waals surface area contributed by atoms with E-state index in [0.717, 1.165) is 6.07 Å². The monoisotopic (exact) mass is 383 g/mol. The molecule has 0 saturated carbocycles. The second-order valence-electron chi connectivity index (χ2n) is 5.87. The van der Waals surface area contributed by atoms with Gasteiger partial charge in [-0.15, -0.1) is 0 Å². The number of anilines is 1. The molecule has 6 nitrogen and oxygen atoms in total. The summed E-state index contributed by atoms with van der Waals surface area (Å²) in [7, 11) is 0. The highest BCUT2D eigenvalue weighted by Gasteiger charge is 2.34. The molecular weight excluding hydrogens is 371 g/mol. The van der Waals surface area contributed by atoms with E-state index in [-0.39, 0.29) is 17.1 Å². The van der Waals surface area contributed by atoms with Crippen LogP contribution in [0.2, 0.25) is 0 Å². The van der Waals surface area contributed by atoms with Gasteiger partial charge < -0.3 is 5.32 Å². The molecule has 9 heteroatoms. The normalized spacial score (nSPS) is 11.5. The number of carbonyl (C=O) groups excluding carboxylic acids is 1. The van der Waals surface area contributed by atoms with E-state index >= 15 is 0 Å². The Morgan fingerprint density at radius 2 is 1.86 bits per heavy atom. The number of hydrogen-bond acceptors (Lipinski definition) is 4. The van der Waals surface area contributed by atoms with Crippen molar-refractivity contribution in [2.75, 3.05) is 5.32 Å². The molecule has 0 saturated heterocycles. The molecule has 1 aromatic carbocycles. The van der Waals surface area contributed by atoms with Gasteiger partial charge in [0.2, 0.25) is 0 Å². The van der Waals surface area contributed by atoms with Gasteiger partial charge >= 0.3 is 6.18 Å². The maximum atomic E-state index is 13.3. The zero-order chi connectivity index (χ0) is 19.7. The predicted octanol–water partition coefficient (Wildman–Crippen LogP) is 4.06. The van der Waals surface area contributed by atoms with Crippen LogP contribution < -0.4 is 5.32 Å². The molecule has 0 atom stereocenters. The molecule has 1 amide bonds. The van der Waals surface area contributed by atoms with Crippen molar-refractivity contribution in [3.05, 3.63) is 78.2 Å². The quantitative estimate of drug-likeness (QED) is 0.579. The summed E-state index contributed by atoms with van der Waals surface area (Å²) in [6.45, 7) is 0. The van der Waals surface area contributed by atoms with Crippen molar-refractivity contribution in [1.82, 2.24) is 19.6 Å². The van der Waals surface area contributed by atoms with E-state index in [0.29, 0.717) is 11.2 Å². The molecule has 3 heterocycles. The number of alkyl halides is 3. The Morgan fingerprint density at radius 3 is 2.61 bits per heavy atom. The zero-order valence-corrected chi connectivity index (χ0v) is 14.2. The Morgan fingerprint density at radius 1 is 1.04 bits per heavy atom. The third-order valence-electron chi connectivity index (χ3n) is 4.03. The van der Waals surface area contributed by atoms with Crippen LogP contribution in [0.1, 0.15) is 15.9 Å². The molecule has 28 heavy (non-hydrogen) atoms. The van der Waals surface area contributed by atoms with Crippen LogP contribution in [0, 0.1) is 0 Å². The van der Waals surface area contributed by atoms with Gasteiger partial charge in [0.25, 0.3) is 5.91 Å². The minimum Gasteiger partial charge on any atom is -0.306 e. The largest absolute Gasteiger partial charge is 0.417 e. The molecule has 0 spiro atoms. The first-order valence-electron chi connectivity index (χ1n) is 8.16. The average Bonchev–Trinajstić information content (AvgIpc) is 3.13. The lowest BCUT2D eigenvalue weighted by Crippen LogP contribution is -2.15. The third kappa shape index (κ3) is 3.29. The molecule has 0 aliphatic rings. The summed E-state index contributed by atoms with van der Waals surface area (Å²) in [5.74, 6) is -0.150. The van der Waals surface area contributed by atoms with E-state index in [2.05, 4.69) is 20.4 Å². The van der Waals surface area contributed by atoms with Gasteiger partial charge in [-0.2, -0.15) is 22.8 Å². The lowest BCUT2D eigenvalue weighted by molar-refractivity contribution is -0.137. The number of rotatable bonds is 3. The molecule has 0 aliphatic carbocycles. The number of benzene rings is 1. The highest BCUT2D eigenvalue weighted by molar-refractivity contribution is 6.03. The van der Waals surface area contributed by atoms with Crippen molar-refractivity contribution < 1.29 is 18.0 Å². The van der Waals surface area contributed by atoms with E-state index in [1.54, 1.807) is 18.3 Å². The smallest absolute Gasteiger partial charge is 0.306 e. The minimum absolute atomic E-state index is 0.0648. The van der Waals surface area contributed by atoms with Gasteiger partial charge in [-0.25, -0.2) is 4.98 Å². The van der Waals surface area contributed by atoms with Gasteiger partial charge in [-0.1, -0.05) is 18.2 Å². The van der Waals surface area contributed by atoms with Crippen molar-refractivity contribution in [2.45, 2.75) is 6.18 Å². The van der Waals surface area contributed by atoms with Crippen LogP contribution in [-0.2, 0) is 6.18 Å². The first-order chi connectivity index (χ1) is 13.4. The SMILES string of the molecule is O=C(Nc1ccnc2cc(-c3ccccc3C(F)(F)F)nn12)c1cccnc1. The highest BCUT2D eigenvalue weighted by Crippen LogP contribution is 2.36. The van der Waals surface area contributed by atoms with Crippen LogP contribution in [0.25, 0.3) is 16.9 Å². The topological polar surface area (TPSA) is 72.2 Å². The number of fused-ring (bicyclic) bond motifs is 1. The molecule has 4 rings (SSSR count). The summed E-state index contributed by atoms with van der Waals surface area (Å²) >= 11 is 0. The molecule has 0 radical (unpaired) electrons. The van der Waals surface area contributed by atoms with E-state index in [9.17, 15) is 18.0 Å². The van der Waals surface area contributed by atoms with Crippen molar-refractivity contribution in [2.24, 2.45) is 0 Å². The molecule has 3 aromatic heterocycles. The Kier molecular flexibility index (Phi) is 4.26. The second kappa shape index (κ2) is 6.76. The number of carbonyl (C=O) groups is 1. The summed E-state index contributed by atoms with van der Waals surface area (Å²) < 4.78 is 41.2. The van der Waals surface area contributed by atoms with Crippen LogP contribution in [0.15, 0.2) is 67.1 Å². The Hall–Kier alpha value is -3.75. The third-order valence-corrected chi connectivity index (χ3v) is 4.03. The summed E-state index contributed by atoms with van der Waals surface area (Å²) in [4.78, 5) is 20.4. The minimum atomic E-state index is -4.52. The van der Waals surface area contributed by atoms with Crippen molar-refractivity contribution in [1.29, 1.82) is 0 Å². The lowest BCUT2D eigenvalue weighted by atomic mass is 10.0. The fourth-order valence-corrected chi connectivity index (χ4v) is 2.76. The van der Waals surface area contributed by atoms with Gasteiger partial charge in [-0.05, 0) is 24.3 Å². The number of hydrogen-bond donors (Lipinski definition) is 1. The maximum Gasteiger partial charge on any atom is 0.417 e. The maximum absolute atomic E-state index is 13.3. The lowest BCUT2D eigenvalue weighted by Gasteiger charge is -2.10. The predicted molar refractivity (Wildman–Crippen MR) is 95.6 cm³/mol. The summed E-state index contributed by atoms with van der Waals surface area (Å²) in [5.41, 5.74) is -0.119. The van der Waals surface area contributed by atoms with E-state index in [4.69, 9.17) is 0 Å². The number of halogens is 3. The Balaban J connectivity index is 1.76. The number of nitrogens with one attached hydrogen (secondary N) is 1.